The van der Waals surface area contributed by atoms with E-state index in [-0.39, 0.29) is 45.0 Å². The highest BCUT2D eigenvalue weighted by Gasteiger charge is 2.85. The molecule has 47 heavy (non-hydrogen) atoms. The van der Waals surface area contributed by atoms with Gasteiger partial charge in [-0.1, -0.05) is 34.6 Å². The Balaban J connectivity index is 1.34. The van der Waals surface area contributed by atoms with Gasteiger partial charge < -0.3 is 50.0 Å². The summed E-state index contributed by atoms with van der Waals surface area (Å²) in [5, 5.41) is 75.5. The smallest absolute Gasteiger partial charge is 0.186 e. The molecule has 0 aromatic carbocycles. The molecule has 1 saturated heterocycles. The molecule has 17 unspecified atom stereocenters. The van der Waals surface area contributed by atoms with Crippen LogP contribution in [0.5, 0.6) is 0 Å². The molecule has 7 N–H and O–H groups in total. The quantitative estimate of drug-likeness (QED) is 0.182. The van der Waals surface area contributed by atoms with E-state index in [1.807, 2.05) is 0 Å². The van der Waals surface area contributed by atoms with E-state index in [2.05, 4.69) is 34.6 Å². The Hall–Kier alpha value is -0.400. The minimum atomic E-state index is -1.51. The van der Waals surface area contributed by atoms with Crippen molar-refractivity contribution in [1.82, 2.24) is 0 Å². The summed E-state index contributed by atoms with van der Waals surface area (Å²) in [5.41, 5.74) is -1.44. The Labute approximate surface area is 281 Å². The predicted molar refractivity (Wildman–Crippen MR) is 174 cm³/mol. The first-order valence-corrected chi connectivity index (χ1v) is 18.3. The van der Waals surface area contributed by atoms with Crippen LogP contribution in [0.2, 0.25) is 0 Å². The minimum Gasteiger partial charge on any atom is -0.394 e. The van der Waals surface area contributed by atoms with Gasteiger partial charge in [0.15, 0.2) is 6.29 Å². The Morgan fingerprint density at radius 2 is 1.57 bits per heavy atom. The molecular formula is C37H64O10. The summed E-state index contributed by atoms with van der Waals surface area (Å²) >= 11 is 0. The molecule has 6 rings (SSSR count). The van der Waals surface area contributed by atoms with E-state index in [1.54, 1.807) is 21.0 Å². The van der Waals surface area contributed by atoms with Crippen molar-refractivity contribution in [3.05, 3.63) is 0 Å². The molecule has 5 saturated carbocycles. The molecule has 17 atom stereocenters. The molecule has 1 aliphatic heterocycles. The van der Waals surface area contributed by atoms with Crippen LogP contribution in [0.15, 0.2) is 0 Å². The third-order valence-corrected chi connectivity index (χ3v) is 16.1. The molecule has 5 aliphatic carbocycles. The number of rotatable bonds is 9. The Kier molecular flexibility index (Phi) is 9.15. The fourth-order valence-corrected chi connectivity index (χ4v) is 13.2. The van der Waals surface area contributed by atoms with Gasteiger partial charge in [0.2, 0.25) is 0 Å². The Morgan fingerprint density at radius 3 is 2.21 bits per heavy atom. The molecular weight excluding hydrogens is 604 g/mol. The fourth-order valence-electron chi connectivity index (χ4n) is 13.2. The number of fused-ring (bicyclic) bond motifs is 3. The van der Waals surface area contributed by atoms with Gasteiger partial charge in [-0.05, 0) is 117 Å². The highest BCUT2D eigenvalue weighted by atomic mass is 16.7. The summed E-state index contributed by atoms with van der Waals surface area (Å²) in [6.45, 7) is 14.5. The van der Waals surface area contributed by atoms with Crippen LogP contribution in [0.4, 0.5) is 0 Å². The first kappa shape index (κ1) is 36.4. The summed E-state index contributed by atoms with van der Waals surface area (Å²) in [5.74, 6) is 1.04. The van der Waals surface area contributed by atoms with Gasteiger partial charge in [0.1, 0.15) is 30.5 Å². The van der Waals surface area contributed by atoms with Crippen LogP contribution >= 0.6 is 0 Å². The summed E-state index contributed by atoms with van der Waals surface area (Å²) in [6.07, 6.45) is -1.21. The van der Waals surface area contributed by atoms with Crippen LogP contribution < -0.4 is 0 Å². The molecule has 6 aliphatic rings. The predicted octanol–water partition coefficient (Wildman–Crippen LogP) is 2.75. The van der Waals surface area contributed by atoms with Gasteiger partial charge >= 0.3 is 0 Å². The normalized spacial score (nSPS) is 52.4. The van der Waals surface area contributed by atoms with Crippen LogP contribution in [-0.4, -0.2) is 110 Å². The zero-order valence-electron chi connectivity index (χ0n) is 29.9. The van der Waals surface area contributed by atoms with Crippen molar-refractivity contribution in [2.75, 3.05) is 13.7 Å². The third-order valence-electron chi connectivity index (χ3n) is 16.1. The molecule has 1 heterocycles. The lowest BCUT2D eigenvalue weighted by Gasteiger charge is -2.69. The van der Waals surface area contributed by atoms with E-state index >= 15 is 0 Å². The molecule has 6 fully saturated rings. The van der Waals surface area contributed by atoms with E-state index in [0.29, 0.717) is 24.7 Å². The van der Waals surface area contributed by atoms with Crippen molar-refractivity contribution < 1.29 is 50.0 Å². The van der Waals surface area contributed by atoms with Crippen LogP contribution in [-0.2, 0) is 14.2 Å². The molecule has 10 nitrogen and oxygen atoms in total. The van der Waals surface area contributed by atoms with Crippen molar-refractivity contribution in [2.45, 2.75) is 167 Å². The van der Waals surface area contributed by atoms with Gasteiger partial charge in [0.05, 0.1) is 30.5 Å². The molecule has 0 aromatic heterocycles. The summed E-state index contributed by atoms with van der Waals surface area (Å²) < 4.78 is 18.4. The molecule has 0 radical (unpaired) electrons. The minimum absolute atomic E-state index is 0.00973. The topological polar surface area (TPSA) is 169 Å². The van der Waals surface area contributed by atoms with Gasteiger partial charge in [0, 0.05) is 12.5 Å². The maximum Gasteiger partial charge on any atom is 0.186 e. The van der Waals surface area contributed by atoms with E-state index in [9.17, 15) is 35.7 Å². The molecule has 0 aromatic rings. The van der Waals surface area contributed by atoms with E-state index in [0.717, 1.165) is 44.9 Å². The monoisotopic (exact) mass is 668 g/mol. The van der Waals surface area contributed by atoms with E-state index < -0.39 is 61.2 Å². The van der Waals surface area contributed by atoms with Gasteiger partial charge in [-0.15, -0.1) is 0 Å². The van der Waals surface area contributed by atoms with Crippen LogP contribution in [0.3, 0.4) is 0 Å². The highest BCUT2D eigenvalue weighted by Crippen LogP contribution is 2.91. The second-order valence-corrected chi connectivity index (χ2v) is 18.5. The first-order valence-electron chi connectivity index (χ1n) is 18.3. The van der Waals surface area contributed by atoms with E-state index in [4.69, 9.17) is 14.2 Å². The Morgan fingerprint density at radius 1 is 0.894 bits per heavy atom. The van der Waals surface area contributed by atoms with E-state index in [1.165, 1.54) is 0 Å². The number of hydrogen-bond acceptors (Lipinski definition) is 10. The lowest BCUT2D eigenvalue weighted by Crippen LogP contribution is -2.68. The van der Waals surface area contributed by atoms with Gasteiger partial charge in [0.25, 0.3) is 0 Å². The van der Waals surface area contributed by atoms with Gasteiger partial charge in [-0.25, -0.2) is 0 Å². The van der Waals surface area contributed by atoms with Crippen molar-refractivity contribution >= 4 is 0 Å². The van der Waals surface area contributed by atoms with Gasteiger partial charge in [-0.3, -0.25) is 0 Å². The first-order chi connectivity index (χ1) is 21.8. The Bertz CT molecular complexity index is 1160. The number of methoxy groups -OCH3 is 1. The van der Waals surface area contributed by atoms with Crippen molar-refractivity contribution in [1.29, 1.82) is 0 Å². The van der Waals surface area contributed by atoms with Crippen molar-refractivity contribution in [3.8, 4) is 0 Å². The van der Waals surface area contributed by atoms with Crippen molar-refractivity contribution in [2.24, 2.45) is 50.7 Å². The van der Waals surface area contributed by atoms with Crippen molar-refractivity contribution in [3.63, 3.8) is 0 Å². The molecule has 272 valence electrons. The zero-order chi connectivity index (χ0) is 34.7. The lowest BCUT2D eigenvalue weighted by atomic mass is 9.37. The fraction of sp³-hybridized carbons (Fsp3) is 1.00. The maximum atomic E-state index is 11.3. The summed E-state index contributed by atoms with van der Waals surface area (Å²) in [6, 6.07) is 0. The highest BCUT2D eigenvalue weighted by molar-refractivity contribution is 5.33. The number of hydrogen-bond donors (Lipinski definition) is 7. The van der Waals surface area contributed by atoms with Crippen LogP contribution in [0, 0.1) is 50.7 Å². The number of aliphatic hydroxyl groups is 7. The molecule has 10 heteroatoms. The zero-order valence-corrected chi connectivity index (χ0v) is 29.9. The second kappa shape index (κ2) is 11.8. The van der Waals surface area contributed by atoms with Crippen LogP contribution in [0.1, 0.15) is 106 Å². The van der Waals surface area contributed by atoms with Crippen LogP contribution in [0.25, 0.3) is 0 Å². The summed E-state index contributed by atoms with van der Waals surface area (Å²) in [4.78, 5) is 0. The standard InChI is InChI=1S/C37H64O10/c1-19(15-21(39)30(44)33(4,5)45-8)20-9-14-37-18-36(20,37)13-10-23-34(6)12-11-25(40)32(2,3)24(34)16-26(35(23,37)7)47-31-29(43)28(42)27(41)22(17-38)46-31/h19-31,38-44H,9-18H2,1-8H3. The molecule has 0 amide bonds. The third kappa shape index (κ3) is 4.93. The number of aliphatic hydroxyl groups excluding tert-OH is 7. The average Bonchev–Trinajstić information content (AvgIpc) is 3.59. The SMILES string of the molecule is COC(C)(C)C(O)C(O)CC(C)C1CCC23CC12CCC1C2(C)CCC(O)C(C)(C)C2CC(OC2OC(CO)C(O)C(O)C2O)C13C. The lowest BCUT2D eigenvalue weighted by molar-refractivity contribution is -0.344. The summed E-state index contributed by atoms with van der Waals surface area (Å²) in [7, 11) is 1.55. The maximum absolute atomic E-state index is 11.3. The van der Waals surface area contributed by atoms with Gasteiger partial charge in [-0.2, -0.15) is 0 Å². The molecule has 0 spiro atoms. The number of ether oxygens (including phenoxy) is 3. The second-order valence-electron chi connectivity index (χ2n) is 18.5. The largest absolute Gasteiger partial charge is 0.394 e. The molecule has 0 bridgehead atoms. The average molecular weight is 669 g/mol.